The van der Waals surface area contributed by atoms with Crippen molar-refractivity contribution in [2.24, 2.45) is 17.6 Å². The van der Waals surface area contributed by atoms with Crippen molar-refractivity contribution in [3.8, 4) is 0 Å². The Labute approximate surface area is 100 Å². The Bertz CT molecular complexity index is 177. The van der Waals surface area contributed by atoms with Gasteiger partial charge in [-0.25, -0.2) is 0 Å². The second-order valence-electron chi connectivity index (χ2n) is 5.39. The third kappa shape index (κ3) is 4.40. The summed E-state index contributed by atoms with van der Waals surface area (Å²) in [6.07, 6.45) is 4.04. The molecule has 2 atom stereocenters. The molecule has 0 aromatic heterocycles. The molecule has 3 heteroatoms. The summed E-state index contributed by atoms with van der Waals surface area (Å²) in [6.45, 7) is 8.35. The number of rotatable bonds is 6. The summed E-state index contributed by atoms with van der Waals surface area (Å²) < 4.78 is 5.18. The van der Waals surface area contributed by atoms with Crippen LogP contribution in [0.2, 0.25) is 0 Å². The van der Waals surface area contributed by atoms with Crippen molar-refractivity contribution in [3.63, 3.8) is 0 Å². The monoisotopic (exact) mass is 228 g/mol. The molecule has 2 N–H and O–H groups in total. The lowest BCUT2D eigenvalue weighted by Crippen LogP contribution is -2.44. The second kappa shape index (κ2) is 7.25. The largest absolute Gasteiger partial charge is 0.383 e. The van der Waals surface area contributed by atoms with Gasteiger partial charge in [0.05, 0.1) is 6.61 Å². The molecule has 0 aromatic carbocycles. The zero-order valence-corrected chi connectivity index (χ0v) is 11.1. The molecule has 1 rings (SSSR count). The lowest BCUT2D eigenvalue weighted by Gasteiger charge is -2.39. The van der Waals surface area contributed by atoms with E-state index >= 15 is 0 Å². The maximum absolute atomic E-state index is 5.69. The van der Waals surface area contributed by atoms with Crippen LogP contribution < -0.4 is 5.73 Å². The van der Waals surface area contributed by atoms with Crippen LogP contribution in [0.1, 0.15) is 33.1 Å². The van der Waals surface area contributed by atoms with Gasteiger partial charge >= 0.3 is 0 Å². The molecule has 0 radical (unpaired) electrons. The molecule has 0 aliphatic heterocycles. The highest BCUT2D eigenvalue weighted by Crippen LogP contribution is 2.31. The minimum Gasteiger partial charge on any atom is -0.383 e. The number of hydrogen-bond donors (Lipinski definition) is 1. The SMILES string of the molecule is COCCN(CCN)C1CC(C)CC(C)C1. The Balaban J connectivity index is 2.47. The Morgan fingerprint density at radius 1 is 1.12 bits per heavy atom. The van der Waals surface area contributed by atoms with E-state index in [1.165, 1.54) is 19.3 Å². The third-order valence-electron chi connectivity index (χ3n) is 3.67. The molecule has 0 saturated heterocycles. The molecule has 0 heterocycles. The molecule has 1 fully saturated rings. The van der Waals surface area contributed by atoms with E-state index in [2.05, 4.69) is 18.7 Å². The Hall–Kier alpha value is -0.120. The van der Waals surface area contributed by atoms with Crippen LogP contribution in [-0.2, 0) is 4.74 Å². The van der Waals surface area contributed by atoms with Crippen molar-refractivity contribution in [2.45, 2.75) is 39.2 Å². The Morgan fingerprint density at radius 2 is 1.75 bits per heavy atom. The van der Waals surface area contributed by atoms with Crippen LogP contribution in [0, 0.1) is 11.8 Å². The summed E-state index contributed by atoms with van der Waals surface area (Å²) in [4.78, 5) is 2.52. The second-order valence-corrected chi connectivity index (χ2v) is 5.39. The number of methoxy groups -OCH3 is 1. The first kappa shape index (κ1) is 13.9. The van der Waals surface area contributed by atoms with Gasteiger partial charge in [-0.15, -0.1) is 0 Å². The maximum Gasteiger partial charge on any atom is 0.0589 e. The molecule has 0 aromatic rings. The van der Waals surface area contributed by atoms with Crippen LogP contribution in [0.15, 0.2) is 0 Å². The van der Waals surface area contributed by atoms with Crippen molar-refractivity contribution < 1.29 is 4.74 Å². The fourth-order valence-electron chi connectivity index (χ4n) is 3.05. The van der Waals surface area contributed by atoms with Gasteiger partial charge in [-0.2, -0.15) is 0 Å². The fourth-order valence-corrected chi connectivity index (χ4v) is 3.05. The molecule has 2 unspecified atom stereocenters. The lowest BCUT2D eigenvalue weighted by atomic mass is 9.80. The van der Waals surface area contributed by atoms with Gasteiger partial charge in [0, 0.05) is 32.8 Å². The summed E-state index contributed by atoms with van der Waals surface area (Å²) in [5.74, 6) is 1.72. The topological polar surface area (TPSA) is 38.5 Å². The van der Waals surface area contributed by atoms with Crippen molar-refractivity contribution >= 4 is 0 Å². The number of ether oxygens (including phenoxy) is 1. The van der Waals surface area contributed by atoms with Gasteiger partial charge in [0.15, 0.2) is 0 Å². The molecular formula is C13H28N2O. The minimum absolute atomic E-state index is 0.720. The average molecular weight is 228 g/mol. The molecule has 1 aliphatic rings. The quantitative estimate of drug-likeness (QED) is 0.752. The van der Waals surface area contributed by atoms with Crippen LogP contribution in [0.3, 0.4) is 0 Å². The smallest absolute Gasteiger partial charge is 0.0589 e. The highest BCUT2D eigenvalue weighted by Gasteiger charge is 2.27. The van der Waals surface area contributed by atoms with Crippen LogP contribution in [-0.4, -0.2) is 44.3 Å². The summed E-state index contributed by atoms with van der Waals surface area (Å²) in [6, 6.07) is 0.720. The van der Waals surface area contributed by atoms with E-state index in [0.717, 1.165) is 44.1 Å². The van der Waals surface area contributed by atoms with Crippen molar-refractivity contribution in [1.29, 1.82) is 0 Å². The molecule has 0 amide bonds. The van der Waals surface area contributed by atoms with Gasteiger partial charge in [0.25, 0.3) is 0 Å². The molecule has 0 spiro atoms. The molecule has 1 saturated carbocycles. The van der Waals surface area contributed by atoms with Gasteiger partial charge < -0.3 is 10.5 Å². The highest BCUT2D eigenvalue weighted by atomic mass is 16.5. The van der Waals surface area contributed by atoms with E-state index in [-0.39, 0.29) is 0 Å². The van der Waals surface area contributed by atoms with Crippen LogP contribution >= 0.6 is 0 Å². The first-order chi connectivity index (χ1) is 7.67. The standard InChI is InChI=1S/C13H28N2O/c1-11-8-12(2)10-13(9-11)15(5-4-14)6-7-16-3/h11-13H,4-10,14H2,1-3H3. The summed E-state index contributed by atoms with van der Waals surface area (Å²) in [7, 11) is 1.77. The van der Waals surface area contributed by atoms with E-state index in [0.29, 0.717) is 0 Å². The van der Waals surface area contributed by atoms with E-state index in [1.807, 2.05) is 0 Å². The van der Waals surface area contributed by atoms with E-state index < -0.39 is 0 Å². The Morgan fingerprint density at radius 3 is 2.25 bits per heavy atom. The fraction of sp³-hybridized carbons (Fsp3) is 1.00. The summed E-state index contributed by atoms with van der Waals surface area (Å²) >= 11 is 0. The summed E-state index contributed by atoms with van der Waals surface area (Å²) in [5.41, 5.74) is 5.69. The molecular weight excluding hydrogens is 200 g/mol. The van der Waals surface area contributed by atoms with Gasteiger partial charge in [-0.1, -0.05) is 13.8 Å². The van der Waals surface area contributed by atoms with E-state index in [4.69, 9.17) is 10.5 Å². The molecule has 3 nitrogen and oxygen atoms in total. The van der Waals surface area contributed by atoms with Crippen molar-refractivity contribution in [1.82, 2.24) is 4.90 Å². The van der Waals surface area contributed by atoms with Crippen LogP contribution in [0.25, 0.3) is 0 Å². The molecule has 0 bridgehead atoms. The maximum atomic E-state index is 5.69. The third-order valence-corrected chi connectivity index (χ3v) is 3.67. The molecule has 16 heavy (non-hydrogen) atoms. The van der Waals surface area contributed by atoms with Gasteiger partial charge in [0.2, 0.25) is 0 Å². The highest BCUT2D eigenvalue weighted by molar-refractivity contribution is 4.82. The predicted octanol–water partition coefficient (Wildman–Crippen LogP) is 1.72. The number of nitrogens with two attached hydrogens (primary N) is 1. The van der Waals surface area contributed by atoms with Gasteiger partial charge in [-0.3, -0.25) is 4.90 Å². The van der Waals surface area contributed by atoms with Crippen molar-refractivity contribution in [3.05, 3.63) is 0 Å². The van der Waals surface area contributed by atoms with E-state index in [1.54, 1.807) is 7.11 Å². The van der Waals surface area contributed by atoms with Crippen LogP contribution in [0.5, 0.6) is 0 Å². The number of hydrogen-bond acceptors (Lipinski definition) is 3. The molecule has 1 aliphatic carbocycles. The zero-order chi connectivity index (χ0) is 12.0. The average Bonchev–Trinajstić information content (AvgIpc) is 2.22. The van der Waals surface area contributed by atoms with Gasteiger partial charge in [-0.05, 0) is 31.1 Å². The first-order valence-corrected chi connectivity index (χ1v) is 6.60. The predicted molar refractivity (Wildman–Crippen MR) is 68.5 cm³/mol. The van der Waals surface area contributed by atoms with Gasteiger partial charge in [0.1, 0.15) is 0 Å². The normalized spacial score (nSPS) is 30.9. The minimum atomic E-state index is 0.720. The number of nitrogens with zero attached hydrogens (tertiary/aromatic N) is 1. The zero-order valence-electron chi connectivity index (χ0n) is 11.1. The van der Waals surface area contributed by atoms with E-state index in [9.17, 15) is 0 Å². The summed E-state index contributed by atoms with van der Waals surface area (Å²) in [5, 5.41) is 0. The first-order valence-electron chi connectivity index (χ1n) is 6.60. The lowest BCUT2D eigenvalue weighted by molar-refractivity contribution is 0.0794. The van der Waals surface area contributed by atoms with Crippen LogP contribution in [0.4, 0.5) is 0 Å². The molecule has 96 valence electrons. The Kier molecular flexibility index (Phi) is 6.32. The van der Waals surface area contributed by atoms with Crippen molar-refractivity contribution in [2.75, 3.05) is 33.4 Å².